The van der Waals surface area contributed by atoms with Crippen molar-refractivity contribution in [2.75, 3.05) is 0 Å². The van der Waals surface area contributed by atoms with Gasteiger partial charge in [0.2, 0.25) is 34.2 Å². The fourth-order valence-corrected chi connectivity index (χ4v) is 11.5. The lowest BCUT2D eigenvalue weighted by atomic mass is 9.97. The lowest BCUT2D eigenvalue weighted by Gasteiger charge is -2.10. The van der Waals surface area contributed by atoms with Crippen LogP contribution in [0.2, 0.25) is 0 Å². The van der Waals surface area contributed by atoms with Gasteiger partial charge in [-0.15, -0.1) is 0 Å². The lowest BCUT2D eigenvalue weighted by molar-refractivity contribution is -0.661. The molecular weight excluding hydrogens is 1150 g/mol. The van der Waals surface area contributed by atoms with Crippen LogP contribution in [-0.2, 0) is 42.3 Å². The highest BCUT2D eigenvalue weighted by Crippen LogP contribution is 2.29. The first-order chi connectivity index (χ1) is 52.7. The van der Waals surface area contributed by atoms with Gasteiger partial charge in [0.1, 0.15) is 50.5 Å². The first kappa shape index (κ1) is 50.7. The molecule has 486 valence electrons. The van der Waals surface area contributed by atoms with Crippen molar-refractivity contribution in [1.82, 2.24) is 0 Å². The van der Waals surface area contributed by atoms with Gasteiger partial charge in [-0.2, -0.15) is 0 Å². The zero-order chi connectivity index (χ0) is 84.9. The zero-order valence-electron chi connectivity index (χ0n) is 77.9. The predicted octanol–water partition coefficient (Wildman–Crippen LogP) is 18.3. The molecule has 0 fully saturated rings. The highest BCUT2D eigenvalue weighted by atomic mass is 14.9. The van der Waals surface area contributed by atoms with E-state index in [1.165, 1.54) is 70.0 Å². The van der Waals surface area contributed by atoms with Crippen molar-refractivity contribution >= 4 is 0 Å². The smallest absolute Gasteiger partial charge is 0.201 e. The molecule has 6 nitrogen and oxygen atoms in total. The van der Waals surface area contributed by atoms with Crippen LogP contribution in [0.5, 0.6) is 0 Å². The molecule has 0 amide bonds. The molecule has 0 saturated carbocycles. The summed E-state index contributed by atoms with van der Waals surface area (Å²) in [7, 11) is 10.9. The quantitative estimate of drug-likeness (QED) is 0.148. The summed E-state index contributed by atoms with van der Waals surface area (Å²) in [6.45, 7) is 28.5. The molecule has 12 rings (SSSR count). The van der Waals surface area contributed by atoms with E-state index < -0.39 is 12.9 Å². The van der Waals surface area contributed by atoms with Crippen molar-refractivity contribution < 1.29 is 52.1 Å². The predicted molar refractivity (Wildman–Crippen MR) is 399 cm³/mol. The Kier molecular flexibility index (Phi) is 17.8. The summed E-state index contributed by atoms with van der Waals surface area (Å²) in [4.78, 5) is 0. The summed E-state index contributed by atoms with van der Waals surface area (Å²) >= 11 is 0. The Hall–Kier alpha value is -9.78. The minimum Gasteiger partial charge on any atom is -0.201 e. The second-order valence-corrected chi connectivity index (χ2v) is 24.4. The molecule has 95 heavy (non-hydrogen) atoms. The summed E-state index contributed by atoms with van der Waals surface area (Å²) in [6, 6.07) is 44.3. The Balaban J connectivity index is 0.000000189. The van der Waals surface area contributed by atoms with Crippen molar-refractivity contribution in [3.63, 3.8) is 0 Å². The van der Waals surface area contributed by atoms with E-state index in [2.05, 4.69) is 102 Å². The maximum atomic E-state index is 8.37. The topological polar surface area (TPSA) is 23.3 Å². The lowest BCUT2D eigenvalue weighted by Crippen LogP contribution is -2.33. The Morgan fingerprint density at radius 1 is 0.253 bits per heavy atom. The fourth-order valence-electron chi connectivity index (χ4n) is 11.5. The van der Waals surface area contributed by atoms with Crippen LogP contribution in [0.1, 0.15) is 119 Å². The minimum atomic E-state index is -2.56. The first-order valence-electron chi connectivity index (χ1n) is 40.9. The van der Waals surface area contributed by atoms with E-state index in [4.69, 9.17) is 24.7 Å². The molecule has 0 aliphatic rings. The van der Waals surface area contributed by atoms with Crippen LogP contribution in [0.15, 0.2) is 225 Å². The highest BCUT2D eigenvalue weighted by Gasteiger charge is 2.21. The molecule has 12 aromatic rings. The van der Waals surface area contributed by atoms with Gasteiger partial charge in [0.25, 0.3) is 0 Å². The van der Waals surface area contributed by atoms with E-state index in [0.717, 1.165) is 89.7 Å². The molecule has 6 aromatic carbocycles. The van der Waals surface area contributed by atoms with Gasteiger partial charge in [0.15, 0.2) is 37.0 Å². The maximum absolute atomic E-state index is 8.37. The number of rotatable bonds is 6. The van der Waals surface area contributed by atoms with Crippen molar-refractivity contribution in [1.29, 1.82) is 0 Å². The third-order valence-corrected chi connectivity index (χ3v) is 17.0. The molecule has 0 unspecified atom stereocenters. The third-order valence-electron chi connectivity index (χ3n) is 17.0. The molecular formula is C89H106N6+6. The number of benzene rings is 6. The van der Waals surface area contributed by atoms with E-state index in [1.54, 1.807) is 16.2 Å². The van der Waals surface area contributed by atoms with Crippen LogP contribution in [0, 0.1) is 118 Å². The summed E-state index contributed by atoms with van der Waals surface area (Å²) in [5.41, 5.74) is 25.9. The third kappa shape index (κ3) is 18.3. The Labute approximate surface area is 596 Å². The van der Waals surface area contributed by atoms with Crippen molar-refractivity contribution in [3.8, 4) is 67.5 Å². The number of hydrogen-bond donors (Lipinski definition) is 0. The van der Waals surface area contributed by atoms with Gasteiger partial charge in [-0.05, 0) is 222 Å². The summed E-state index contributed by atoms with van der Waals surface area (Å²) in [5.74, 6) is 0. The molecule has 6 aromatic heterocycles. The molecule has 0 atom stereocenters. The van der Waals surface area contributed by atoms with Crippen molar-refractivity contribution in [3.05, 3.63) is 319 Å². The SMILES string of the molecule is [2H]c1c(C)c(C)c(-c2ccccc2C)[n+](C)c1[2H].[2H]c1c(C)c(C)c(C)c(-c2ccccc2C)[n+]1C.[2H]c1c(C)c([2H])[n+](C)c(-c2ccccc2C)c1C.[2H]c1c(C)ccc(-c2ccccc2C)[n+]1C.[2H]c1c([2H])c([2H])[n+](C)c(-c2ccccc2C)c1C.[2H]c1c([2H])c([2H])c(-c2c([2H])c(C)c(C([2H])([2H])[2H])c([2H])[n+]2C)c(C)c1[2H]. The Morgan fingerprint density at radius 2 is 0.674 bits per heavy atom. The number of aryl methyl sites for hydroxylation is 6. The van der Waals surface area contributed by atoms with Crippen molar-refractivity contribution in [2.45, 2.75) is 118 Å². The summed E-state index contributed by atoms with van der Waals surface area (Å²) < 4.78 is 153. The molecule has 0 spiro atoms. The maximum Gasteiger partial charge on any atom is 0.215 e. The van der Waals surface area contributed by atoms with Crippen LogP contribution >= 0.6 is 0 Å². The fraction of sp³-hybridized carbons (Fsp3) is 0.258. The Bertz CT molecular complexity index is 5050. The minimum absolute atomic E-state index is 0.0210. The molecule has 0 aliphatic heterocycles. The van der Waals surface area contributed by atoms with Gasteiger partial charge < -0.3 is 0 Å². The van der Waals surface area contributed by atoms with Crippen LogP contribution in [0.3, 0.4) is 0 Å². The van der Waals surface area contributed by atoms with Crippen LogP contribution in [-0.4, -0.2) is 0 Å². The average molecular weight is 1280 g/mol. The normalized spacial score (nSPS) is 13.3. The second-order valence-electron chi connectivity index (χ2n) is 24.4. The van der Waals surface area contributed by atoms with Gasteiger partial charge in [0.05, 0.1) is 12.3 Å². The molecule has 0 radical (unpaired) electrons. The van der Waals surface area contributed by atoms with Crippen LogP contribution in [0.25, 0.3) is 67.5 Å². The van der Waals surface area contributed by atoms with E-state index in [0.29, 0.717) is 30.6 Å². The molecule has 0 bridgehead atoms. The van der Waals surface area contributed by atoms with Gasteiger partial charge in [-0.1, -0.05) is 109 Å². The highest BCUT2D eigenvalue weighted by molar-refractivity contribution is 5.68. The molecule has 6 heteroatoms. The van der Waals surface area contributed by atoms with Gasteiger partial charge in [-0.3, -0.25) is 0 Å². The zero-order valence-corrected chi connectivity index (χ0v) is 59.9. The first-order valence-corrected chi connectivity index (χ1v) is 31.9. The second kappa shape index (κ2) is 33.4. The summed E-state index contributed by atoms with van der Waals surface area (Å²) in [6.07, 6.45) is 1.59. The Morgan fingerprint density at radius 3 is 1.20 bits per heavy atom. The van der Waals surface area contributed by atoms with Crippen LogP contribution < -0.4 is 27.4 Å². The van der Waals surface area contributed by atoms with Gasteiger partial charge >= 0.3 is 0 Å². The van der Waals surface area contributed by atoms with E-state index in [9.17, 15) is 0 Å². The van der Waals surface area contributed by atoms with Gasteiger partial charge in [-0.25, -0.2) is 27.4 Å². The molecule has 0 aliphatic carbocycles. The number of pyridine rings is 6. The largest absolute Gasteiger partial charge is 0.215 e. The molecule has 6 heterocycles. The summed E-state index contributed by atoms with van der Waals surface area (Å²) in [5, 5.41) is 0. The standard InChI is InChI=1S/C16H20N.3C15H18N.2C14H16N/c1-11-8-6-7-9-15(11)16-14(4)13(3)12(2)10-17(16)5;1-11-9-13(3)15(16(4)10-11)14-8-6-5-7-12(14)2;1-11-7-5-6-8-14(11)15-9-12(2)13(3)10-16(15)4;1-11-9-10-16(4)15(13(11)3)14-8-6-5-7-12(14)2;1-11-7-4-5-9-13(11)14-12(2)8-6-10-15(14)3;1-11-8-9-14(15(3)10-11)13-7-5-4-6-12(13)2/h6-10H,1-5H3;3*5-10H,1-4H3;2*4-10H,1-3H3/q6*+1/i10D;9D,10D;3D3,5D,6D,7D,8D,9D,10D;9D,10D;6D,8D,10D;10D. The van der Waals surface area contributed by atoms with Crippen LogP contribution in [0.4, 0.5) is 0 Å². The number of nitrogens with zero attached hydrogens (tertiary/aromatic N) is 6. The molecule has 0 N–H and O–H groups in total. The average Bonchev–Trinajstić information content (AvgIpc) is 0.740. The monoisotopic (exact) mass is 1280 g/mol. The van der Waals surface area contributed by atoms with E-state index >= 15 is 0 Å². The number of hydrogen-bond acceptors (Lipinski definition) is 0. The van der Waals surface area contributed by atoms with E-state index in [-0.39, 0.29) is 82.7 Å². The van der Waals surface area contributed by atoms with Crippen molar-refractivity contribution in [2.24, 2.45) is 42.3 Å². The van der Waals surface area contributed by atoms with Gasteiger partial charge in [0, 0.05) is 106 Å². The molecule has 0 saturated heterocycles. The number of aromatic nitrogens is 6. The van der Waals surface area contributed by atoms with E-state index in [1.807, 2.05) is 170 Å².